The summed E-state index contributed by atoms with van der Waals surface area (Å²) < 4.78 is 0. The van der Waals surface area contributed by atoms with E-state index in [0.29, 0.717) is 6.42 Å². The summed E-state index contributed by atoms with van der Waals surface area (Å²) in [5.41, 5.74) is 1.91. The number of hydrogen-bond donors (Lipinski definition) is 2. The molecule has 0 radical (unpaired) electrons. The van der Waals surface area contributed by atoms with Crippen LogP contribution < -0.4 is 15.5 Å². The Labute approximate surface area is 120 Å². The van der Waals surface area contributed by atoms with Crippen LogP contribution in [0.25, 0.3) is 0 Å². The lowest BCUT2D eigenvalue weighted by Gasteiger charge is -2.24. The molecule has 0 atom stereocenters. The first-order chi connectivity index (χ1) is 9.81. The van der Waals surface area contributed by atoms with Crippen LogP contribution in [-0.2, 0) is 4.79 Å². The first-order valence-electron chi connectivity index (χ1n) is 7.16. The Morgan fingerprint density at radius 3 is 3.05 bits per heavy atom. The molecule has 0 spiro atoms. The van der Waals surface area contributed by atoms with Crippen LogP contribution in [0.15, 0.2) is 24.3 Å². The first-order valence-corrected chi connectivity index (χ1v) is 7.16. The van der Waals surface area contributed by atoms with Gasteiger partial charge in [-0.25, -0.2) is 0 Å². The standard InChI is InChI=1S/C16H21N3O/c1-2-3-9-16(20)18-14-7-4-5-8-15(14)19-12-6-10-17-11-13-19/h4-5,7-8,17H,2,6,10-13H2,1H3,(H,18,20). The highest BCUT2D eigenvalue weighted by molar-refractivity contribution is 6.05. The lowest BCUT2D eigenvalue weighted by atomic mass is 10.2. The van der Waals surface area contributed by atoms with Gasteiger partial charge in [0.2, 0.25) is 0 Å². The Balaban J connectivity index is 2.14. The lowest BCUT2D eigenvalue weighted by Crippen LogP contribution is -2.28. The minimum absolute atomic E-state index is 0.243. The number of anilines is 2. The molecule has 4 heteroatoms. The number of carbonyl (C=O) groups excluding carboxylic acids is 1. The molecule has 1 aromatic rings. The topological polar surface area (TPSA) is 44.4 Å². The van der Waals surface area contributed by atoms with Crippen LogP contribution in [0.4, 0.5) is 11.4 Å². The molecule has 0 bridgehead atoms. The van der Waals surface area contributed by atoms with Gasteiger partial charge >= 0.3 is 0 Å². The predicted octanol–water partition coefficient (Wildman–Crippen LogP) is 1.84. The summed E-state index contributed by atoms with van der Waals surface area (Å²) >= 11 is 0. The Hall–Kier alpha value is -1.99. The number of amides is 1. The van der Waals surface area contributed by atoms with E-state index in [1.807, 2.05) is 31.2 Å². The number of nitrogens with zero attached hydrogens (tertiary/aromatic N) is 1. The molecule has 0 aliphatic carbocycles. The van der Waals surface area contributed by atoms with E-state index < -0.39 is 0 Å². The summed E-state index contributed by atoms with van der Waals surface area (Å²) in [7, 11) is 0. The number of nitrogens with one attached hydrogen (secondary N) is 2. The SMILES string of the molecule is CCC#CC(=O)Nc1ccccc1N1CCCNCC1. The second-order valence-electron chi connectivity index (χ2n) is 4.72. The van der Waals surface area contributed by atoms with Crippen molar-refractivity contribution in [3.63, 3.8) is 0 Å². The van der Waals surface area contributed by atoms with Gasteiger partial charge in [0.25, 0.3) is 5.91 Å². The molecule has 0 saturated carbocycles. The zero-order valence-corrected chi connectivity index (χ0v) is 11.9. The van der Waals surface area contributed by atoms with Crippen LogP contribution in [0.3, 0.4) is 0 Å². The van der Waals surface area contributed by atoms with E-state index in [1.165, 1.54) is 0 Å². The summed E-state index contributed by atoms with van der Waals surface area (Å²) in [5.74, 6) is 5.14. The highest BCUT2D eigenvalue weighted by Gasteiger charge is 2.13. The van der Waals surface area contributed by atoms with Crippen molar-refractivity contribution in [1.82, 2.24) is 5.32 Å². The van der Waals surface area contributed by atoms with E-state index in [0.717, 1.165) is 44.0 Å². The minimum Gasteiger partial charge on any atom is -0.369 e. The van der Waals surface area contributed by atoms with Crippen LogP contribution in [0.1, 0.15) is 19.8 Å². The Morgan fingerprint density at radius 2 is 2.20 bits per heavy atom. The average Bonchev–Trinajstić information content (AvgIpc) is 2.75. The van der Waals surface area contributed by atoms with Gasteiger partial charge in [0.1, 0.15) is 0 Å². The van der Waals surface area contributed by atoms with E-state index in [-0.39, 0.29) is 5.91 Å². The largest absolute Gasteiger partial charge is 0.369 e. The van der Waals surface area contributed by atoms with Crippen molar-refractivity contribution in [3.8, 4) is 11.8 Å². The van der Waals surface area contributed by atoms with Gasteiger partial charge in [0.05, 0.1) is 11.4 Å². The van der Waals surface area contributed by atoms with Crippen LogP contribution in [0, 0.1) is 11.8 Å². The zero-order valence-electron chi connectivity index (χ0n) is 11.9. The van der Waals surface area contributed by atoms with E-state index in [4.69, 9.17) is 0 Å². The van der Waals surface area contributed by atoms with Gasteiger partial charge in [0, 0.05) is 26.1 Å². The van der Waals surface area contributed by atoms with Gasteiger partial charge in [-0.2, -0.15) is 0 Å². The number of para-hydroxylation sites is 2. The lowest BCUT2D eigenvalue weighted by molar-refractivity contribution is -0.111. The third-order valence-electron chi connectivity index (χ3n) is 3.21. The monoisotopic (exact) mass is 271 g/mol. The Bertz CT molecular complexity index is 508. The molecule has 0 unspecified atom stereocenters. The Kier molecular flexibility index (Phi) is 5.45. The molecule has 1 aliphatic heterocycles. The number of carbonyl (C=O) groups is 1. The number of rotatable bonds is 2. The molecule has 1 saturated heterocycles. The minimum atomic E-state index is -0.243. The molecule has 2 N–H and O–H groups in total. The van der Waals surface area contributed by atoms with Crippen molar-refractivity contribution in [2.45, 2.75) is 19.8 Å². The highest BCUT2D eigenvalue weighted by Crippen LogP contribution is 2.25. The highest BCUT2D eigenvalue weighted by atomic mass is 16.1. The van der Waals surface area contributed by atoms with E-state index in [1.54, 1.807) is 0 Å². The smallest absolute Gasteiger partial charge is 0.300 e. The zero-order chi connectivity index (χ0) is 14.2. The quantitative estimate of drug-likeness (QED) is 0.807. The molecular weight excluding hydrogens is 250 g/mol. The summed E-state index contributed by atoms with van der Waals surface area (Å²) in [6, 6.07) is 7.91. The normalized spacial score (nSPS) is 14.9. The maximum atomic E-state index is 11.8. The first kappa shape index (κ1) is 14.4. The molecule has 20 heavy (non-hydrogen) atoms. The fraction of sp³-hybridized carbons (Fsp3) is 0.438. The average molecular weight is 271 g/mol. The third kappa shape index (κ3) is 4.01. The molecule has 1 heterocycles. The van der Waals surface area contributed by atoms with Crippen molar-refractivity contribution < 1.29 is 4.79 Å². The fourth-order valence-corrected chi connectivity index (χ4v) is 2.26. The maximum Gasteiger partial charge on any atom is 0.300 e. The molecule has 106 valence electrons. The van der Waals surface area contributed by atoms with Crippen molar-refractivity contribution >= 4 is 17.3 Å². The van der Waals surface area contributed by atoms with Crippen LogP contribution in [0.5, 0.6) is 0 Å². The van der Waals surface area contributed by atoms with Crippen molar-refractivity contribution in [2.75, 3.05) is 36.4 Å². The van der Waals surface area contributed by atoms with Crippen molar-refractivity contribution in [1.29, 1.82) is 0 Å². The Morgan fingerprint density at radius 1 is 1.35 bits per heavy atom. The summed E-state index contributed by atoms with van der Waals surface area (Å²) in [5, 5.41) is 6.27. The van der Waals surface area contributed by atoms with E-state index in [9.17, 15) is 4.79 Å². The molecule has 2 rings (SSSR count). The molecular formula is C16H21N3O. The number of hydrogen-bond acceptors (Lipinski definition) is 3. The fourth-order valence-electron chi connectivity index (χ4n) is 2.26. The summed E-state index contributed by atoms with van der Waals surface area (Å²) in [6.07, 6.45) is 1.80. The van der Waals surface area contributed by atoms with Crippen LogP contribution in [0.2, 0.25) is 0 Å². The number of benzene rings is 1. The second kappa shape index (κ2) is 7.56. The molecule has 1 amide bonds. The van der Waals surface area contributed by atoms with E-state index >= 15 is 0 Å². The van der Waals surface area contributed by atoms with Gasteiger partial charge in [-0.15, -0.1) is 0 Å². The molecule has 1 aliphatic rings. The molecule has 1 fully saturated rings. The van der Waals surface area contributed by atoms with Gasteiger partial charge in [-0.3, -0.25) is 4.79 Å². The van der Waals surface area contributed by atoms with Crippen molar-refractivity contribution in [2.24, 2.45) is 0 Å². The second-order valence-corrected chi connectivity index (χ2v) is 4.72. The van der Waals surface area contributed by atoms with Gasteiger partial charge in [0.15, 0.2) is 0 Å². The summed E-state index contributed by atoms with van der Waals surface area (Å²) in [4.78, 5) is 14.1. The van der Waals surface area contributed by atoms with Crippen LogP contribution >= 0.6 is 0 Å². The van der Waals surface area contributed by atoms with Gasteiger partial charge < -0.3 is 15.5 Å². The maximum absolute atomic E-state index is 11.8. The molecule has 4 nitrogen and oxygen atoms in total. The summed E-state index contributed by atoms with van der Waals surface area (Å²) in [6.45, 7) is 5.90. The van der Waals surface area contributed by atoms with Crippen LogP contribution in [-0.4, -0.2) is 32.1 Å². The predicted molar refractivity (Wildman–Crippen MR) is 82.8 cm³/mol. The third-order valence-corrected chi connectivity index (χ3v) is 3.21. The van der Waals surface area contributed by atoms with Gasteiger partial charge in [-0.1, -0.05) is 25.0 Å². The molecule has 0 aromatic heterocycles. The van der Waals surface area contributed by atoms with Crippen molar-refractivity contribution in [3.05, 3.63) is 24.3 Å². The van der Waals surface area contributed by atoms with E-state index in [2.05, 4.69) is 27.4 Å². The van der Waals surface area contributed by atoms with Gasteiger partial charge in [-0.05, 0) is 31.0 Å². The molecule has 1 aromatic carbocycles.